The number of pyridine rings is 1. The second-order valence-corrected chi connectivity index (χ2v) is 7.09. The highest BCUT2D eigenvalue weighted by Gasteiger charge is 2.32. The number of rotatable bonds is 3. The summed E-state index contributed by atoms with van der Waals surface area (Å²) in [6, 6.07) is 1.62. The van der Waals surface area contributed by atoms with E-state index in [1.807, 2.05) is 11.8 Å². The minimum atomic E-state index is -0.0312. The molecule has 0 spiro atoms. The van der Waals surface area contributed by atoms with Crippen LogP contribution in [0.4, 0.5) is 5.82 Å². The molecule has 1 fully saturated rings. The van der Waals surface area contributed by atoms with Crippen LogP contribution in [0, 0.1) is 0 Å². The van der Waals surface area contributed by atoms with Gasteiger partial charge in [0.15, 0.2) is 5.78 Å². The smallest absolute Gasteiger partial charge is 0.180 e. The molecule has 0 amide bonds. The van der Waals surface area contributed by atoms with Crippen LogP contribution >= 0.6 is 35.1 Å². The Hall–Kier alpha value is -0.390. The molecule has 98 valence electrons. The summed E-state index contributed by atoms with van der Waals surface area (Å²) in [5, 5.41) is 0.778. The first-order chi connectivity index (χ1) is 8.63. The minimum absolute atomic E-state index is 0.0312. The van der Waals surface area contributed by atoms with E-state index in [9.17, 15) is 4.79 Å². The van der Waals surface area contributed by atoms with Crippen LogP contribution < -0.4 is 5.73 Å². The Morgan fingerprint density at radius 1 is 1.56 bits per heavy atom. The Labute approximate surface area is 120 Å². The average Bonchev–Trinajstić information content (AvgIpc) is 2.40. The molecular weight excluding hydrogens is 288 g/mol. The van der Waals surface area contributed by atoms with Crippen LogP contribution in [-0.2, 0) is 0 Å². The maximum Gasteiger partial charge on any atom is 0.180 e. The SMILES string of the molecule is CCC1SCCSC1C(=O)c1cc(Cl)cnc1N. The molecule has 1 aromatic heterocycles. The highest BCUT2D eigenvalue weighted by atomic mass is 35.5. The summed E-state index contributed by atoms with van der Waals surface area (Å²) in [6.45, 7) is 2.11. The molecule has 0 aliphatic carbocycles. The zero-order chi connectivity index (χ0) is 13.1. The van der Waals surface area contributed by atoms with Gasteiger partial charge in [0.2, 0.25) is 0 Å². The van der Waals surface area contributed by atoms with Gasteiger partial charge in [-0.3, -0.25) is 4.79 Å². The van der Waals surface area contributed by atoms with Crippen molar-refractivity contribution in [2.24, 2.45) is 0 Å². The Morgan fingerprint density at radius 3 is 3.00 bits per heavy atom. The second kappa shape index (κ2) is 6.17. The van der Waals surface area contributed by atoms with Crippen LogP contribution in [-0.4, -0.2) is 32.8 Å². The Balaban J connectivity index is 2.26. The second-order valence-electron chi connectivity index (χ2n) is 4.06. The third-order valence-electron chi connectivity index (χ3n) is 2.86. The summed E-state index contributed by atoms with van der Waals surface area (Å²) in [5.74, 6) is 2.45. The summed E-state index contributed by atoms with van der Waals surface area (Å²) < 4.78 is 0. The van der Waals surface area contributed by atoms with Crippen LogP contribution in [0.15, 0.2) is 12.3 Å². The summed E-state index contributed by atoms with van der Waals surface area (Å²) in [5.41, 5.74) is 6.24. The monoisotopic (exact) mass is 302 g/mol. The minimum Gasteiger partial charge on any atom is -0.383 e. The molecule has 2 heterocycles. The number of aromatic nitrogens is 1. The number of carbonyl (C=O) groups excluding carboxylic acids is 1. The van der Waals surface area contributed by atoms with Crippen molar-refractivity contribution in [1.82, 2.24) is 4.98 Å². The number of thioether (sulfide) groups is 2. The zero-order valence-electron chi connectivity index (χ0n) is 10.1. The van der Waals surface area contributed by atoms with Gasteiger partial charge in [0.05, 0.1) is 15.8 Å². The van der Waals surface area contributed by atoms with Crippen molar-refractivity contribution in [2.45, 2.75) is 23.8 Å². The van der Waals surface area contributed by atoms with E-state index in [1.165, 1.54) is 6.20 Å². The maximum atomic E-state index is 12.5. The number of carbonyl (C=O) groups is 1. The molecule has 18 heavy (non-hydrogen) atoms. The lowest BCUT2D eigenvalue weighted by molar-refractivity contribution is 0.0988. The van der Waals surface area contributed by atoms with Crippen LogP contribution in [0.1, 0.15) is 23.7 Å². The van der Waals surface area contributed by atoms with Gasteiger partial charge >= 0.3 is 0 Å². The van der Waals surface area contributed by atoms with Crippen molar-refractivity contribution in [2.75, 3.05) is 17.2 Å². The predicted molar refractivity (Wildman–Crippen MR) is 80.8 cm³/mol. The molecule has 1 aromatic rings. The number of nitrogen functional groups attached to an aromatic ring is 1. The van der Waals surface area contributed by atoms with E-state index in [4.69, 9.17) is 17.3 Å². The molecule has 2 rings (SSSR count). The van der Waals surface area contributed by atoms with Gasteiger partial charge in [0.25, 0.3) is 0 Å². The van der Waals surface area contributed by atoms with E-state index in [0.29, 0.717) is 15.8 Å². The molecule has 6 heteroatoms. The molecule has 0 saturated carbocycles. The normalized spacial score (nSPS) is 23.9. The fourth-order valence-electron chi connectivity index (χ4n) is 1.95. The fraction of sp³-hybridized carbons (Fsp3) is 0.500. The maximum absolute atomic E-state index is 12.5. The lowest BCUT2D eigenvalue weighted by Gasteiger charge is -2.28. The Bertz CT molecular complexity index is 456. The van der Waals surface area contributed by atoms with Crippen LogP contribution in [0.3, 0.4) is 0 Å². The molecule has 2 N–H and O–H groups in total. The van der Waals surface area contributed by atoms with Gasteiger partial charge in [0, 0.05) is 23.0 Å². The number of halogens is 1. The summed E-state index contributed by atoms with van der Waals surface area (Å²) in [7, 11) is 0. The molecule has 0 bridgehead atoms. The number of hydrogen-bond donors (Lipinski definition) is 1. The van der Waals surface area contributed by atoms with Crippen molar-refractivity contribution in [1.29, 1.82) is 0 Å². The van der Waals surface area contributed by atoms with E-state index in [-0.39, 0.29) is 16.9 Å². The van der Waals surface area contributed by atoms with Gasteiger partial charge < -0.3 is 5.73 Å². The van der Waals surface area contributed by atoms with Crippen molar-refractivity contribution >= 4 is 46.7 Å². The summed E-state index contributed by atoms with van der Waals surface area (Å²) >= 11 is 9.47. The van der Waals surface area contributed by atoms with E-state index in [1.54, 1.807) is 17.8 Å². The van der Waals surface area contributed by atoms with Crippen molar-refractivity contribution in [3.8, 4) is 0 Å². The van der Waals surface area contributed by atoms with Gasteiger partial charge in [-0.2, -0.15) is 11.8 Å². The summed E-state index contributed by atoms with van der Waals surface area (Å²) in [4.78, 5) is 16.5. The highest BCUT2D eigenvalue weighted by molar-refractivity contribution is 8.07. The third kappa shape index (κ3) is 2.95. The molecule has 3 nitrogen and oxygen atoms in total. The van der Waals surface area contributed by atoms with Gasteiger partial charge in [-0.25, -0.2) is 4.98 Å². The van der Waals surface area contributed by atoms with Crippen LogP contribution in [0.25, 0.3) is 0 Å². The first-order valence-corrected chi connectivity index (χ1v) is 8.29. The quantitative estimate of drug-likeness (QED) is 0.869. The first-order valence-electron chi connectivity index (χ1n) is 5.82. The first kappa shape index (κ1) is 14.0. The van der Waals surface area contributed by atoms with E-state index >= 15 is 0 Å². The van der Waals surface area contributed by atoms with E-state index in [0.717, 1.165) is 17.9 Å². The van der Waals surface area contributed by atoms with Crippen molar-refractivity contribution in [3.05, 3.63) is 22.8 Å². The number of Topliss-reactive ketones (excluding diaryl/α,β-unsaturated/α-hetero) is 1. The Morgan fingerprint density at radius 2 is 2.28 bits per heavy atom. The predicted octanol–water partition coefficient (Wildman–Crippen LogP) is 3.13. The highest BCUT2D eigenvalue weighted by Crippen LogP contribution is 2.36. The van der Waals surface area contributed by atoms with Gasteiger partial charge in [-0.15, -0.1) is 11.8 Å². The molecule has 2 unspecified atom stereocenters. The molecule has 1 saturated heterocycles. The molecular formula is C12H15ClN2OS2. The Kier molecular flexibility index (Phi) is 4.81. The van der Waals surface area contributed by atoms with E-state index in [2.05, 4.69) is 11.9 Å². The zero-order valence-corrected chi connectivity index (χ0v) is 12.4. The number of nitrogens with zero attached hydrogens (tertiary/aromatic N) is 1. The van der Waals surface area contributed by atoms with Gasteiger partial charge in [0.1, 0.15) is 5.82 Å². The third-order valence-corrected chi connectivity index (χ3v) is 6.31. The molecule has 1 aliphatic heterocycles. The lowest BCUT2D eigenvalue weighted by atomic mass is 10.1. The van der Waals surface area contributed by atoms with Gasteiger partial charge in [-0.05, 0) is 12.5 Å². The molecule has 0 radical (unpaired) electrons. The molecule has 2 atom stereocenters. The van der Waals surface area contributed by atoms with Crippen molar-refractivity contribution in [3.63, 3.8) is 0 Å². The van der Waals surface area contributed by atoms with Crippen LogP contribution in [0.5, 0.6) is 0 Å². The molecule has 1 aliphatic rings. The number of nitrogens with two attached hydrogens (primary N) is 1. The topological polar surface area (TPSA) is 56.0 Å². The molecule has 0 aromatic carbocycles. The number of ketones is 1. The standard InChI is InChI=1S/C12H15ClN2OS2/c1-2-9-11(18-4-3-17-9)10(16)8-5-7(13)6-15-12(8)14/h5-6,9,11H,2-4H2,1H3,(H2,14,15). The van der Waals surface area contributed by atoms with E-state index < -0.39 is 0 Å². The van der Waals surface area contributed by atoms with Crippen LogP contribution in [0.2, 0.25) is 5.02 Å². The average molecular weight is 303 g/mol. The fourth-order valence-corrected chi connectivity index (χ4v) is 5.12. The number of hydrogen-bond acceptors (Lipinski definition) is 5. The van der Waals surface area contributed by atoms with Gasteiger partial charge in [-0.1, -0.05) is 18.5 Å². The largest absolute Gasteiger partial charge is 0.383 e. The van der Waals surface area contributed by atoms with Crippen molar-refractivity contribution < 1.29 is 4.79 Å². The lowest BCUT2D eigenvalue weighted by Crippen LogP contribution is -2.33. The summed E-state index contributed by atoms with van der Waals surface area (Å²) in [6.07, 6.45) is 2.45. The number of anilines is 1.